The van der Waals surface area contributed by atoms with E-state index in [0.717, 1.165) is 47.5 Å². The van der Waals surface area contributed by atoms with Crippen LogP contribution < -0.4 is 16.0 Å². The van der Waals surface area contributed by atoms with E-state index in [1.54, 1.807) is 0 Å². The number of rotatable bonds is 2. The van der Waals surface area contributed by atoms with E-state index in [4.69, 9.17) is 10.5 Å². The number of amides is 1. The zero-order valence-electron chi connectivity index (χ0n) is 11.4. The molecule has 0 aromatic heterocycles. The second-order valence-corrected chi connectivity index (χ2v) is 6.17. The molecule has 2 aliphatic rings. The lowest BCUT2D eigenvalue weighted by Crippen LogP contribution is -2.36. The molecule has 1 atom stereocenters. The highest BCUT2D eigenvalue weighted by atomic mass is 79.9. The molecule has 1 fully saturated rings. The summed E-state index contributed by atoms with van der Waals surface area (Å²) in [7, 11) is 2.08. The Bertz CT molecular complexity index is 543. The molecule has 1 saturated heterocycles. The lowest BCUT2D eigenvalue weighted by molar-refractivity contribution is -0.116. The summed E-state index contributed by atoms with van der Waals surface area (Å²) in [5.41, 5.74) is 8.61. The molecule has 0 saturated carbocycles. The van der Waals surface area contributed by atoms with Gasteiger partial charge in [-0.2, -0.15) is 0 Å². The Balaban J connectivity index is 1.91. The first-order valence-electron chi connectivity index (χ1n) is 6.78. The minimum Gasteiger partial charge on any atom is -0.381 e. The zero-order valence-corrected chi connectivity index (χ0v) is 12.9. The number of fused-ring (bicyclic) bond motifs is 1. The highest BCUT2D eigenvalue weighted by molar-refractivity contribution is 9.10. The monoisotopic (exact) mass is 339 g/mol. The number of carbonyl (C=O) groups is 1. The number of nitrogens with one attached hydrogen (secondary N) is 1. The van der Waals surface area contributed by atoms with E-state index in [1.807, 2.05) is 12.1 Å². The van der Waals surface area contributed by atoms with Crippen LogP contribution in [0.1, 0.15) is 24.4 Å². The quantitative estimate of drug-likeness (QED) is 0.864. The molecule has 6 heteroatoms. The van der Waals surface area contributed by atoms with Gasteiger partial charge < -0.3 is 20.7 Å². The second-order valence-electron chi connectivity index (χ2n) is 5.31. The topological polar surface area (TPSA) is 67.6 Å². The van der Waals surface area contributed by atoms with Crippen molar-refractivity contribution in [1.82, 2.24) is 0 Å². The van der Waals surface area contributed by atoms with Crippen molar-refractivity contribution < 1.29 is 9.53 Å². The second kappa shape index (κ2) is 5.35. The van der Waals surface area contributed by atoms with Crippen molar-refractivity contribution in [2.24, 2.45) is 5.73 Å². The van der Waals surface area contributed by atoms with Gasteiger partial charge in [0.1, 0.15) is 6.04 Å². The molecule has 3 N–H and O–H groups in total. The van der Waals surface area contributed by atoms with Crippen molar-refractivity contribution in [2.45, 2.75) is 24.9 Å². The standard InChI is InChI=1S/C14H18BrN3O2/c1-18(8-2-4-20-5-3-8)12-7-11-9(6-10(12)15)13(16)14(19)17-11/h6-8,13H,2-5,16H2,1H3,(H,17,19). The van der Waals surface area contributed by atoms with Gasteiger partial charge in [0.2, 0.25) is 5.91 Å². The number of carbonyl (C=O) groups excluding carboxylic acids is 1. The molecule has 5 nitrogen and oxygen atoms in total. The lowest BCUT2D eigenvalue weighted by Gasteiger charge is -2.33. The number of ether oxygens (including phenoxy) is 1. The number of nitrogens with zero attached hydrogens (tertiary/aromatic N) is 1. The van der Waals surface area contributed by atoms with Gasteiger partial charge in [-0.15, -0.1) is 0 Å². The maximum absolute atomic E-state index is 11.6. The summed E-state index contributed by atoms with van der Waals surface area (Å²) in [6.07, 6.45) is 2.04. The Labute approximate surface area is 126 Å². The van der Waals surface area contributed by atoms with Crippen LogP contribution in [0.2, 0.25) is 0 Å². The van der Waals surface area contributed by atoms with E-state index < -0.39 is 6.04 Å². The maximum Gasteiger partial charge on any atom is 0.245 e. The minimum absolute atomic E-state index is 0.141. The van der Waals surface area contributed by atoms with Crippen LogP contribution >= 0.6 is 15.9 Å². The number of halogens is 1. The fourth-order valence-corrected chi connectivity index (χ4v) is 3.47. The summed E-state index contributed by atoms with van der Waals surface area (Å²) >= 11 is 3.60. The Morgan fingerprint density at radius 3 is 2.80 bits per heavy atom. The first-order valence-corrected chi connectivity index (χ1v) is 7.57. The number of hydrogen-bond acceptors (Lipinski definition) is 4. The summed E-state index contributed by atoms with van der Waals surface area (Å²) in [5, 5.41) is 2.84. The number of benzene rings is 1. The summed E-state index contributed by atoms with van der Waals surface area (Å²) in [4.78, 5) is 13.9. The van der Waals surface area contributed by atoms with Crippen molar-refractivity contribution in [3.05, 3.63) is 22.2 Å². The predicted octanol–water partition coefficient (Wildman–Crippen LogP) is 2.02. The van der Waals surface area contributed by atoms with E-state index in [0.29, 0.717) is 6.04 Å². The van der Waals surface area contributed by atoms with Crippen LogP contribution in [0.4, 0.5) is 11.4 Å². The van der Waals surface area contributed by atoms with E-state index in [-0.39, 0.29) is 5.91 Å². The molecular formula is C14H18BrN3O2. The average Bonchev–Trinajstić information content (AvgIpc) is 2.74. The third-order valence-electron chi connectivity index (χ3n) is 4.11. The van der Waals surface area contributed by atoms with Crippen LogP contribution in [0, 0.1) is 0 Å². The van der Waals surface area contributed by atoms with Crippen molar-refractivity contribution in [3.63, 3.8) is 0 Å². The van der Waals surface area contributed by atoms with Crippen molar-refractivity contribution in [3.8, 4) is 0 Å². The van der Waals surface area contributed by atoms with Gasteiger partial charge in [0.15, 0.2) is 0 Å². The molecule has 2 aliphatic heterocycles. The SMILES string of the molecule is CN(c1cc2c(cc1Br)C(N)C(=O)N2)C1CCOCC1. The molecule has 20 heavy (non-hydrogen) atoms. The molecule has 0 spiro atoms. The van der Waals surface area contributed by atoms with Gasteiger partial charge in [-0.25, -0.2) is 0 Å². The fraction of sp³-hybridized carbons (Fsp3) is 0.500. The van der Waals surface area contributed by atoms with Crippen molar-refractivity contribution in [1.29, 1.82) is 0 Å². The molecule has 3 rings (SSSR count). The Hall–Kier alpha value is -1.11. The van der Waals surface area contributed by atoms with Crippen LogP contribution in [-0.4, -0.2) is 32.2 Å². The fourth-order valence-electron chi connectivity index (χ4n) is 2.83. The van der Waals surface area contributed by atoms with Crippen LogP contribution in [0.15, 0.2) is 16.6 Å². The van der Waals surface area contributed by atoms with Crippen LogP contribution in [0.3, 0.4) is 0 Å². The smallest absolute Gasteiger partial charge is 0.245 e. The molecular weight excluding hydrogens is 322 g/mol. The van der Waals surface area contributed by atoms with Crippen LogP contribution in [-0.2, 0) is 9.53 Å². The van der Waals surface area contributed by atoms with E-state index >= 15 is 0 Å². The van der Waals surface area contributed by atoms with Gasteiger partial charge >= 0.3 is 0 Å². The summed E-state index contributed by atoms with van der Waals surface area (Å²) in [5.74, 6) is -0.141. The van der Waals surface area contributed by atoms with E-state index in [1.165, 1.54) is 0 Å². The zero-order chi connectivity index (χ0) is 14.3. The number of hydrogen-bond donors (Lipinski definition) is 2. The van der Waals surface area contributed by atoms with E-state index in [9.17, 15) is 4.79 Å². The van der Waals surface area contributed by atoms with Crippen molar-refractivity contribution >= 4 is 33.2 Å². The van der Waals surface area contributed by atoms with E-state index in [2.05, 4.69) is 33.2 Å². The minimum atomic E-state index is -0.566. The summed E-state index contributed by atoms with van der Waals surface area (Å²) in [6, 6.07) is 3.84. The largest absolute Gasteiger partial charge is 0.381 e. The molecule has 1 aromatic carbocycles. The third kappa shape index (κ3) is 2.32. The summed E-state index contributed by atoms with van der Waals surface area (Å²) in [6.45, 7) is 1.61. The first kappa shape index (κ1) is 13.9. The predicted molar refractivity (Wildman–Crippen MR) is 81.9 cm³/mol. The Morgan fingerprint density at radius 2 is 2.10 bits per heavy atom. The Kier molecular flexibility index (Phi) is 3.70. The van der Waals surface area contributed by atoms with Gasteiger partial charge in [0.05, 0.1) is 5.69 Å². The van der Waals surface area contributed by atoms with Gasteiger partial charge in [0.25, 0.3) is 0 Å². The van der Waals surface area contributed by atoms with Crippen molar-refractivity contribution in [2.75, 3.05) is 30.5 Å². The van der Waals surface area contributed by atoms with Gasteiger partial charge in [-0.05, 0) is 40.9 Å². The maximum atomic E-state index is 11.6. The molecule has 2 heterocycles. The van der Waals surface area contributed by atoms with Crippen LogP contribution in [0.5, 0.6) is 0 Å². The highest BCUT2D eigenvalue weighted by Gasteiger charge is 2.29. The average molecular weight is 340 g/mol. The molecule has 1 aromatic rings. The van der Waals surface area contributed by atoms with Gasteiger partial charge in [-0.3, -0.25) is 4.79 Å². The number of nitrogens with two attached hydrogens (primary N) is 1. The molecule has 0 radical (unpaired) electrons. The normalized spacial score (nSPS) is 22.6. The lowest BCUT2D eigenvalue weighted by atomic mass is 10.0. The number of anilines is 2. The summed E-state index contributed by atoms with van der Waals surface area (Å²) < 4.78 is 6.38. The van der Waals surface area contributed by atoms with Gasteiger partial charge in [-0.1, -0.05) is 0 Å². The molecule has 0 aliphatic carbocycles. The Morgan fingerprint density at radius 1 is 1.40 bits per heavy atom. The molecule has 1 unspecified atom stereocenters. The van der Waals surface area contributed by atoms with Gasteiger partial charge in [0, 0.05) is 42.0 Å². The highest BCUT2D eigenvalue weighted by Crippen LogP contribution is 2.39. The first-order chi connectivity index (χ1) is 9.58. The molecule has 108 valence electrons. The van der Waals surface area contributed by atoms with Crippen LogP contribution in [0.25, 0.3) is 0 Å². The third-order valence-corrected chi connectivity index (χ3v) is 4.75. The molecule has 1 amide bonds. The molecule has 0 bridgehead atoms.